The quantitative estimate of drug-likeness (QED) is 0.616. The second kappa shape index (κ2) is 10.1. The lowest BCUT2D eigenvalue weighted by Crippen LogP contribution is -2.48. The number of nitrogens with one attached hydrogen (secondary N) is 2. The van der Waals surface area contributed by atoms with Crippen LogP contribution < -0.4 is 10.6 Å². The van der Waals surface area contributed by atoms with Crippen LogP contribution in [0.4, 0.5) is 0 Å². The van der Waals surface area contributed by atoms with Crippen LogP contribution in [0.1, 0.15) is 44.6 Å². The number of amides is 1. The van der Waals surface area contributed by atoms with Gasteiger partial charge in [0.2, 0.25) is 5.91 Å². The Morgan fingerprint density at radius 3 is 2.68 bits per heavy atom. The summed E-state index contributed by atoms with van der Waals surface area (Å²) in [6.07, 6.45) is 6.19. The second-order valence-electron chi connectivity index (χ2n) is 7.07. The molecule has 0 aromatic heterocycles. The molecule has 1 aliphatic carbocycles. The average molecular weight is 345 g/mol. The maximum Gasteiger partial charge on any atom is 0.241 e. The highest BCUT2D eigenvalue weighted by Gasteiger charge is 2.21. The smallest absolute Gasteiger partial charge is 0.241 e. The molecule has 5 heteroatoms. The van der Waals surface area contributed by atoms with E-state index in [1.165, 1.54) is 32.1 Å². The minimum atomic E-state index is 0.0456. The first-order chi connectivity index (χ1) is 12.1. The Hall–Kier alpha value is -2.04. The first kappa shape index (κ1) is 19.3. The zero-order chi connectivity index (χ0) is 18.1. The van der Waals surface area contributed by atoms with Crippen molar-refractivity contribution in [3.8, 4) is 0 Å². The van der Waals surface area contributed by atoms with E-state index in [1.54, 1.807) is 19.0 Å². The average Bonchev–Trinajstić information content (AvgIpc) is 2.64. The zero-order valence-electron chi connectivity index (χ0n) is 15.8. The highest BCUT2D eigenvalue weighted by atomic mass is 16.2. The fourth-order valence-corrected chi connectivity index (χ4v) is 3.21. The van der Waals surface area contributed by atoms with Crippen LogP contribution in [0.25, 0.3) is 0 Å². The van der Waals surface area contributed by atoms with Crippen LogP contribution >= 0.6 is 0 Å². The van der Waals surface area contributed by atoms with E-state index in [1.807, 2.05) is 18.2 Å². The Labute approximate surface area is 151 Å². The molecule has 1 aromatic carbocycles. The summed E-state index contributed by atoms with van der Waals surface area (Å²) in [4.78, 5) is 18.2. The largest absolute Gasteiger partial charge is 0.354 e. The number of guanidine groups is 1. The third-order valence-corrected chi connectivity index (χ3v) is 4.87. The Morgan fingerprint density at radius 1 is 1.24 bits per heavy atom. The molecule has 2 atom stereocenters. The lowest BCUT2D eigenvalue weighted by atomic mass is 9.84. The Balaban J connectivity index is 1.98. The van der Waals surface area contributed by atoms with E-state index in [0.29, 0.717) is 12.6 Å². The first-order valence-corrected chi connectivity index (χ1v) is 9.37. The molecule has 1 saturated carbocycles. The van der Waals surface area contributed by atoms with Crippen LogP contribution in [-0.2, 0) is 11.3 Å². The summed E-state index contributed by atoms with van der Waals surface area (Å²) >= 11 is 0. The normalized spacial score (nSPS) is 20.8. The predicted octanol–water partition coefficient (Wildman–Crippen LogP) is 2.78. The SMILES string of the molecule is CCC1CCCC(NC(=NCc2ccccc2)NCC(=O)N(C)C)C1. The Kier molecular flexibility index (Phi) is 7.76. The molecule has 0 radical (unpaired) electrons. The van der Waals surface area contributed by atoms with Crippen LogP contribution in [0.15, 0.2) is 35.3 Å². The number of carbonyl (C=O) groups is 1. The van der Waals surface area contributed by atoms with Gasteiger partial charge >= 0.3 is 0 Å². The molecule has 0 spiro atoms. The molecule has 1 amide bonds. The number of aliphatic imine (C=N–C) groups is 1. The first-order valence-electron chi connectivity index (χ1n) is 9.37. The number of likely N-dealkylation sites (N-methyl/N-ethyl adjacent to an activating group) is 1. The van der Waals surface area contributed by atoms with E-state index in [4.69, 9.17) is 4.99 Å². The van der Waals surface area contributed by atoms with Crippen molar-refractivity contribution in [3.05, 3.63) is 35.9 Å². The number of carbonyl (C=O) groups excluding carboxylic acids is 1. The summed E-state index contributed by atoms with van der Waals surface area (Å²) in [6.45, 7) is 3.14. The van der Waals surface area contributed by atoms with Crippen LogP contribution in [0.3, 0.4) is 0 Å². The summed E-state index contributed by atoms with van der Waals surface area (Å²) in [5.74, 6) is 1.58. The summed E-state index contributed by atoms with van der Waals surface area (Å²) in [5.41, 5.74) is 1.16. The maximum absolute atomic E-state index is 11.9. The third kappa shape index (κ3) is 6.77. The predicted molar refractivity (Wildman–Crippen MR) is 103 cm³/mol. The fraction of sp³-hybridized carbons (Fsp3) is 0.600. The van der Waals surface area contributed by atoms with Crippen LogP contribution in [0.2, 0.25) is 0 Å². The van der Waals surface area contributed by atoms with Gasteiger partial charge in [0.25, 0.3) is 0 Å². The molecular weight excluding hydrogens is 312 g/mol. The molecule has 25 heavy (non-hydrogen) atoms. The molecular formula is C20H32N4O. The van der Waals surface area contributed by atoms with Gasteiger partial charge in [0, 0.05) is 20.1 Å². The van der Waals surface area contributed by atoms with Gasteiger partial charge in [0.1, 0.15) is 0 Å². The van der Waals surface area contributed by atoms with Crippen molar-refractivity contribution >= 4 is 11.9 Å². The zero-order valence-corrected chi connectivity index (χ0v) is 15.8. The van der Waals surface area contributed by atoms with Crippen molar-refractivity contribution in [1.29, 1.82) is 0 Å². The number of nitrogens with zero attached hydrogens (tertiary/aromatic N) is 2. The van der Waals surface area contributed by atoms with Crippen molar-refractivity contribution < 1.29 is 4.79 Å². The van der Waals surface area contributed by atoms with E-state index >= 15 is 0 Å². The molecule has 1 aromatic rings. The van der Waals surface area contributed by atoms with Crippen molar-refractivity contribution in [3.63, 3.8) is 0 Å². The van der Waals surface area contributed by atoms with E-state index in [9.17, 15) is 4.79 Å². The molecule has 2 N–H and O–H groups in total. The molecule has 0 bridgehead atoms. The maximum atomic E-state index is 11.9. The highest BCUT2D eigenvalue weighted by Crippen LogP contribution is 2.26. The number of rotatable bonds is 6. The Bertz CT molecular complexity index is 556. The molecule has 0 saturated heterocycles. The monoisotopic (exact) mass is 344 g/mol. The molecule has 2 rings (SSSR count). The van der Waals surface area contributed by atoms with Crippen LogP contribution in [0, 0.1) is 5.92 Å². The van der Waals surface area contributed by atoms with Gasteiger partial charge in [-0.05, 0) is 24.3 Å². The lowest BCUT2D eigenvalue weighted by Gasteiger charge is -2.30. The number of benzene rings is 1. The molecule has 0 aliphatic heterocycles. The summed E-state index contributed by atoms with van der Waals surface area (Å²) in [6, 6.07) is 10.6. The standard InChI is InChI=1S/C20H32N4O/c1-4-16-11-8-12-18(13-16)23-20(22-15-19(25)24(2)3)21-14-17-9-6-5-7-10-17/h5-7,9-10,16,18H,4,8,11-15H2,1-3H3,(H2,21,22,23). The summed E-state index contributed by atoms with van der Waals surface area (Å²) in [7, 11) is 3.54. The van der Waals surface area contributed by atoms with Gasteiger partial charge in [-0.15, -0.1) is 0 Å². The number of hydrogen-bond donors (Lipinski definition) is 2. The third-order valence-electron chi connectivity index (χ3n) is 4.87. The van der Waals surface area contributed by atoms with Gasteiger partial charge in [-0.3, -0.25) is 4.79 Å². The lowest BCUT2D eigenvalue weighted by molar-refractivity contribution is -0.127. The minimum Gasteiger partial charge on any atom is -0.354 e. The molecule has 0 heterocycles. The van der Waals surface area contributed by atoms with Gasteiger partial charge in [-0.25, -0.2) is 4.99 Å². The Morgan fingerprint density at radius 2 is 2.00 bits per heavy atom. The fourth-order valence-electron chi connectivity index (χ4n) is 3.21. The van der Waals surface area contributed by atoms with Gasteiger partial charge < -0.3 is 15.5 Å². The van der Waals surface area contributed by atoms with E-state index in [-0.39, 0.29) is 12.5 Å². The van der Waals surface area contributed by atoms with Crippen molar-refractivity contribution in [1.82, 2.24) is 15.5 Å². The molecule has 1 fully saturated rings. The molecule has 2 unspecified atom stereocenters. The van der Waals surface area contributed by atoms with Gasteiger partial charge in [-0.1, -0.05) is 56.5 Å². The van der Waals surface area contributed by atoms with Crippen LogP contribution in [0.5, 0.6) is 0 Å². The highest BCUT2D eigenvalue weighted by molar-refractivity contribution is 5.86. The summed E-state index contributed by atoms with van der Waals surface area (Å²) in [5, 5.41) is 6.75. The van der Waals surface area contributed by atoms with Gasteiger partial charge in [-0.2, -0.15) is 0 Å². The summed E-state index contributed by atoms with van der Waals surface area (Å²) < 4.78 is 0. The second-order valence-corrected chi connectivity index (χ2v) is 7.07. The molecule has 5 nitrogen and oxygen atoms in total. The van der Waals surface area contributed by atoms with E-state index in [0.717, 1.165) is 17.4 Å². The van der Waals surface area contributed by atoms with E-state index in [2.05, 4.69) is 29.7 Å². The molecule has 1 aliphatic rings. The molecule has 138 valence electrons. The topological polar surface area (TPSA) is 56.7 Å². The van der Waals surface area contributed by atoms with Gasteiger partial charge in [0.05, 0.1) is 13.1 Å². The minimum absolute atomic E-state index is 0.0456. The van der Waals surface area contributed by atoms with Crippen molar-refractivity contribution in [2.45, 2.75) is 51.6 Å². The van der Waals surface area contributed by atoms with Crippen molar-refractivity contribution in [2.24, 2.45) is 10.9 Å². The van der Waals surface area contributed by atoms with Gasteiger partial charge in [0.15, 0.2) is 5.96 Å². The van der Waals surface area contributed by atoms with Crippen LogP contribution in [-0.4, -0.2) is 43.4 Å². The number of hydrogen-bond acceptors (Lipinski definition) is 2. The van der Waals surface area contributed by atoms with Crippen molar-refractivity contribution in [2.75, 3.05) is 20.6 Å². The van der Waals surface area contributed by atoms with E-state index < -0.39 is 0 Å².